The van der Waals surface area contributed by atoms with Crippen molar-refractivity contribution in [2.75, 3.05) is 25.1 Å². The molecule has 2 bridgehead atoms. The number of fused-ring (bicyclic) bond motifs is 2. The highest BCUT2D eigenvalue weighted by Crippen LogP contribution is 2.54. The second-order valence-electron chi connectivity index (χ2n) is 11.6. The van der Waals surface area contributed by atoms with E-state index in [2.05, 4.69) is 10.6 Å². The molecule has 2 saturated carbocycles. The maximum absolute atomic E-state index is 13.9. The summed E-state index contributed by atoms with van der Waals surface area (Å²) in [6, 6.07) is 4.82. The Hall–Kier alpha value is -2.67. The number of hydrogen-bond acceptors (Lipinski definition) is 6. The lowest BCUT2D eigenvalue weighted by Gasteiger charge is -2.43. The van der Waals surface area contributed by atoms with Gasteiger partial charge in [0.2, 0.25) is 5.91 Å². The highest BCUT2D eigenvalue weighted by atomic mass is 35.5. The third-order valence-corrected chi connectivity index (χ3v) is 11.7. The van der Waals surface area contributed by atoms with Crippen LogP contribution in [0.2, 0.25) is 5.02 Å². The van der Waals surface area contributed by atoms with Gasteiger partial charge in [-0.25, -0.2) is 21.6 Å². The summed E-state index contributed by atoms with van der Waals surface area (Å²) in [6.07, 6.45) is 2.38. The first-order valence-corrected chi connectivity index (χ1v) is 15.8. The number of sulfone groups is 1. The summed E-state index contributed by atoms with van der Waals surface area (Å²) in [5, 5.41) is 15.8. The summed E-state index contributed by atoms with van der Waals surface area (Å²) in [6.45, 7) is 2.94. The number of benzene rings is 2. The molecule has 13 heteroatoms. The van der Waals surface area contributed by atoms with Gasteiger partial charge in [0.15, 0.2) is 27.3 Å². The summed E-state index contributed by atoms with van der Waals surface area (Å²) in [4.78, 5) is 25.2. The standard InChI is InChI=1S/C29H32ClF3N2O6S/c1-15-7-18-9-20(12-21(15)29(18,38)14-34-27(36)17-3-2-6-41-13-17)42(39,40)25-8-16(4-5-22(25)30)28(37)35-19-10-23(31)26(33)24(32)11-19/h4-5,8,10-11,15,17-18,20-21,38H,2-3,6-7,9,12-14H2,1H3,(H,34,36)(H,35,37)/t15-,17?,18?,20+,21+,29+/m0/s1. The van der Waals surface area contributed by atoms with E-state index in [4.69, 9.17) is 16.3 Å². The molecule has 3 aliphatic rings. The number of ether oxygens (including phenoxy) is 1. The predicted molar refractivity (Wildman–Crippen MR) is 148 cm³/mol. The molecule has 1 saturated heterocycles. The first-order valence-electron chi connectivity index (χ1n) is 13.9. The van der Waals surface area contributed by atoms with Gasteiger partial charge in [-0.15, -0.1) is 0 Å². The van der Waals surface area contributed by atoms with Crippen LogP contribution in [0.4, 0.5) is 18.9 Å². The van der Waals surface area contributed by atoms with E-state index >= 15 is 0 Å². The Morgan fingerprint density at radius 1 is 1.12 bits per heavy atom. The van der Waals surface area contributed by atoms with Crippen LogP contribution in [-0.4, -0.2) is 55.9 Å². The lowest BCUT2D eigenvalue weighted by molar-refractivity contribution is -0.132. The highest BCUT2D eigenvalue weighted by Gasteiger charge is 2.58. The summed E-state index contributed by atoms with van der Waals surface area (Å²) in [5.74, 6) is -6.77. The summed E-state index contributed by atoms with van der Waals surface area (Å²) in [7, 11) is -4.09. The fourth-order valence-electron chi connectivity index (χ4n) is 6.77. The number of anilines is 1. The minimum atomic E-state index is -4.09. The van der Waals surface area contributed by atoms with Crippen molar-refractivity contribution in [3.05, 3.63) is 58.4 Å². The molecular formula is C29H32ClF3N2O6S. The number of hydrogen-bond donors (Lipinski definition) is 3. The predicted octanol–water partition coefficient (Wildman–Crippen LogP) is 4.49. The van der Waals surface area contributed by atoms with Crippen molar-refractivity contribution in [3.8, 4) is 0 Å². The zero-order valence-electron chi connectivity index (χ0n) is 22.8. The van der Waals surface area contributed by atoms with Crippen LogP contribution in [0.5, 0.6) is 0 Å². The number of halogens is 4. The highest BCUT2D eigenvalue weighted by molar-refractivity contribution is 7.92. The van der Waals surface area contributed by atoms with Gasteiger partial charge < -0.3 is 20.5 Å². The van der Waals surface area contributed by atoms with Gasteiger partial charge in [-0.2, -0.15) is 0 Å². The second-order valence-corrected chi connectivity index (χ2v) is 14.2. The molecule has 2 aliphatic carbocycles. The van der Waals surface area contributed by atoms with Crippen molar-refractivity contribution in [1.29, 1.82) is 0 Å². The number of nitrogens with one attached hydrogen (secondary N) is 2. The van der Waals surface area contributed by atoms with Gasteiger partial charge >= 0.3 is 0 Å². The Morgan fingerprint density at radius 3 is 2.48 bits per heavy atom. The Morgan fingerprint density at radius 2 is 1.83 bits per heavy atom. The van der Waals surface area contributed by atoms with Crippen molar-refractivity contribution in [2.45, 2.75) is 54.8 Å². The van der Waals surface area contributed by atoms with Gasteiger partial charge in [-0.1, -0.05) is 18.5 Å². The molecule has 2 aromatic carbocycles. The molecule has 0 spiro atoms. The monoisotopic (exact) mass is 628 g/mol. The molecular weight excluding hydrogens is 597 g/mol. The average Bonchev–Trinajstić information content (AvgIpc) is 3.07. The molecule has 3 fully saturated rings. The number of aliphatic hydroxyl groups is 1. The molecule has 42 heavy (non-hydrogen) atoms. The van der Waals surface area contributed by atoms with Crippen LogP contribution in [0.15, 0.2) is 35.2 Å². The molecule has 2 unspecified atom stereocenters. The fraction of sp³-hybridized carbons (Fsp3) is 0.517. The summed E-state index contributed by atoms with van der Waals surface area (Å²) >= 11 is 6.30. The van der Waals surface area contributed by atoms with E-state index in [0.717, 1.165) is 12.5 Å². The van der Waals surface area contributed by atoms with Gasteiger partial charge in [0.25, 0.3) is 5.91 Å². The number of carbonyl (C=O) groups is 2. The number of carbonyl (C=O) groups excluding carboxylic acids is 2. The Balaban J connectivity index is 1.32. The first-order chi connectivity index (χ1) is 19.8. The maximum Gasteiger partial charge on any atom is 0.255 e. The van der Waals surface area contributed by atoms with Crippen LogP contribution < -0.4 is 10.6 Å². The van der Waals surface area contributed by atoms with Gasteiger partial charge in [-0.3, -0.25) is 9.59 Å². The van der Waals surface area contributed by atoms with E-state index in [1.165, 1.54) is 12.1 Å². The largest absolute Gasteiger partial charge is 0.387 e. The van der Waals surface area contributed by atoms with Crippen LogP contribution in [0, 0.1) is 41.1 Å². The summed E-state index contributed by atoms with van der Waals surface area (Å²) in [5.41, 5.74) is -1.75. The van der Waals surface area contributed by atoms with E-state index in [9.17, 15) is 36.3 Å². The lowest BCUT2D eigenvalue weighted by Crippen LogP contribution is -2.56. The molecule has 0 radical (unpaired) electrons. The smallest absolute Gasteiger partial charge is 0.255 e. The van der Waals surface area contributed by atoms with Crippen LogP contribution in [0.3, 0.4) is 0 Å². The molecule has 6 atom stereocenters. The van der Waals surface area contributed by atoms with Gasteiger partial charge in [-0.05, 0) is 68.1 Å². The third kappa shape index (κ3) is 5.78. The van der Waals surface area contributed by atoms with Crippen LogP contribution in [0.25, 0.3) is 0 Å². The third-order valence-electron chi connectivity index (χ3n) is 9.01. The van der Waals surface area contributed by atoms with Crippen molar-refractivity contribution < 1.29 is 41.0 Å². The quantitative estimate of drug-likeness (QED) is 0.389. The molecule has 1 heterocycles. The molecule has 8 nitrogen and oxygen atoms in total. The van der Waals surface area contributed by atoms with Gasteiger partial charge in [0, 0.05) is 36.5 Å². The van der Waals surface area contributed by atoms with E-state index in [1.807, 2.05) is 6.92 Å². The maximum atomic E-state index is 13.9. The van der Waals surface area contributed by atoms with Crippen molar-refractivity contribution >= 4 is 38.9 Å². The Bertz CT molecular complexity index is 1480. The SMILES string of the molecule is C[C@H]1CC2C[C@@H](S(=O)(=O)c3cc(C(=O)Nc4cc(F)c(F)c(F)c4)ccc3Cl)C[C@H]1[C@@]2(O)CNC(=O)C1CCCOC1. The van der Waals surface area contributed by atoms with E-state index < -0.39 is 50.0 Å². The van der Waals surface area contributed by atoms with E-state index in [1.54, 1.807) is 0 Å². The normalized spacial score (nSPS) is 29.2. The zero-order chi connectivity index (χ0) is 30.4. The molecule has 3 N–H and O–H groups in total. The Labute approximate surface area is 246 Å². The molecule has 2 amide bonds. The van der Waals surface area contributed by atoms with Crippen LogP contribution in [-0.2, 0) is 19.4 Å². The number of rotatable bonds is 7. The van der Waals surface area contributed by atoms with Crippen molar-refractivity contribution in [2.24, 2.45) is 23.7 Å². The lowest BCUT2D eigenvalue weighted by atomic mass is 9.73. The molecule has 0 aromatic heterocycles. The Kier molecular flexibility index (Phi) is 8.63. The zero-order valence-corrected chi connectivity index (χ0v) is 24.4. The van der Waals surface area contributed by atoms with Crippen molar-refractivity contribution in [1.82, 2.24) is 5.32 Å². The average molecular weight is 629 g/mol. The van der Waals surface area contributed by atoms with Crippen LogP contribution >= 0.6 is 11.6 Å². The number of amides is 2. The van der Waals surface area contributed by atoms with Crippen LogP contribution in [0.1, 0.15) is 49.4 Å². The van der Waals surface area contributed by atoms with Gasteiger partial charge in [0.05, 0.1) is 33.3 Å². The minimum Gasteiger partial charge on any atom is -0.387 e. The minimum absolute atomic E-state index is 0.0131. The van der Waals surface area contributed by atoms with Crippen molar-refractivity contribution in [3.63, 3.8) is 0 Å². The topological polar surface area (TPSA) is 122 Å². The first kappa shape index (κ1) is 30.8. The molecule has 5 rings (SSSR count). The van der Waals surface area contributed by atoms with Gasteiger partial charge in [0.1, 0.15) is 0 Å². The molecule has 2 aromatic rings. The second kappa shape index (κ2) is 11.8. The molecule has 228 valence electrons. The fourth-order valence-corrected chi connectivity index (χ4v) is 9.15. The summed E-state index contributed by atoms with van der Waals surface area (Å²) < 4.78 is 73.6. The van der Waals surface area contributed by atoms with E-state index in [-0.39, 0.29) is 64.2 Å². The molecule has 1 aliphatic heterocycles. The van der Waals surface area contributed by atoms with E-state index in [0.29, 0.717) is 38.2 Å².